The number of benzene rings is 1. The summed E-state index contributed by atoms with van der Waals surface area (Å²) in [6.45, 7) is 5.49. The number of hydrogen-bond donors (Lipinski definition) is 2. The fourth-order valence-corrected chi connectivity index (χ4v) is 5.84. The van der Waals surface area contributed by atoms with E-state index in [0.717, 1.165) is 17.6 Å². The summed E-state index contributed by atoms with van der Waals surface area (Å²) in [6, 6.07) is 6.70. The predicted molar refractivity (Wildman–Crippen MR) is 146 cm³/mol. The molecular weight excluding hydrogens is 554 g/mol. The molecule has 1 aromatic carbocycles. The number of aromatic amines is 1. The van der Waals surface area contributed by atoms with Gasteiger partial charge in [-0.2, -0.15) is 5.10 Å². The molecule has 38 heavy (non-hydrogen) atoms. The van der Waals surface area contributed by atoms with Crippen molar-refractivity contribution in [1.82, 2.24) is 24.9 Å². The molecule has 9 nitrogen and oxygen atoms in total. The van der Waals surface area contributed by atoms with E-state index >= 15 is 0 Å². The van der Waals surface area contributed by atoms with Gasteiger partial charge in [0.25, 0.3) is 0 Å². The Bertz CT molecular complexity index is 1590. The van der Waals surface area contributed by atoms with E-state index in [1.54, 1.807) is 19.2 Å². The number of sulfonamides is 1. The van der Waals surface area contributed by atoms with Crippen molar-refractivity contribution in [3.8, 4) is 17.0 Å². The molecule has 0 radical (unpaired) electrons. The van der Waals surface area contributed by atoms with E-state index in [9.17, 15) is 12.8 Å². The minimum Gasteiger partial charge on any atom is -0.483 e. The summed E-state index contributed by atoms with van der Waals surface area (Å²) in [5, 5.41) is 8.56. The van der Waals surface area contributed by atoms with Crippen molar-refractivity contribution in [3.63, 3.8) is 0 Å². The quantitative estimate of drug-likeness (QED) is 0.303. The predicted octanol–water partition coefficient (Wildman–Crippen LogP) is 4.98. The lowest BCUT2D eigenvalue weighted by atomic mass is 9.82. The van der Waals surface area contributed by atoms with E-state index in [2.05, 4.69) is 29.8 Å². The number of fused-ring (bicyclic) bond motifs is 1. The number of pyridine rings is 2. The molecule has 1 aliphatic heterocycles. The molecule has 1 fully saturated rings. The number of hydrogen-bond acceptors (Lipinski definition) is 7. The van der Waals surface area contributed by atoms with Gasteiger partial charge in [-0.15, -0.1) is 0 Å². The number of nitrogens with zero attached hydrogens (tertiary/aromatic N) is 4. The van der Waals surface area contributed by atoms with Crippen LogP contribution in [0, 0.1) is 11.2 Å². The first-order chi connectivity index (χ1) is 17.9. The van der Waals surface area contributed by atoms with E-state index in [1.807, 2.05) is 19.1 Å². The van der Waals surface area contributed by atoms with Crippen molar-refractivity contribution in [2.75, 3.05) is 30.8 Å². The third kappa shape index (κ3) is 5.42. The average molecular weight is 579 g/mol. The van der Waals surface area contributed by atoms with Crippen molar-refractivity contribution in [2.24, 2.45) is 5.41 Å². The molecule has 0 saturated carbocycles. The van der Waals surface area contributed by atoms with Crippen LogP contribution in [0.2, 0.25) is 10.0 Å². The maximum atomic E-state index is 14.9. The van der Waals surface area contributed by atoms with Crippen LogP contribution in [0.25, 0.3) is 22.2 Å². The molecule has 5 rings (SSSR count). The van der Waals surface area contributed by atoms with Gasteiger partial charge >= 0.3 is 0 Å². The molecule has 0 aliphatic carbocycles. The van der Waals surface area contributed by atoms with Crippen molar-refractivity contribution < 1.29 is 17.5 Å². The molecular formula is C25H25Cl2FN6O3S. The first kappa shape index (κ1) is 26.6. The molecule has 1 saturated heterocycles. The number of nitrogens with one attached hydrogen (secondary N) is 2. The van der Waals surface area contributed by atoms with E-state index in [0.29, 0.717) is 51.8 Å². The summed E-state index contributed by atoms with van der Waals surface area (Å²) in [5.74, 6) is 0.254. The lowest BCUT2D eigenvalue weighted by Gasteiger charge is -2.48. The van der Waals surface area contributed by atoms with E-state index < -0.39 is 21.9 Å². The van der Waals surface area contributed by atoms with Gasteiger partial charge in [0.05, 0.1) is 21.8 Å². The van der Waals surface area contributed by atoms with E-state index in [-0.39, 0.29) is 11.2 Å². The molecule has 2 N–H and O–H groups in total. The second-order valence-corrected chi connectivity index (χ2v) is 12.5. The van der Waals surface area contributed by atoms with Gasteiger partial charge in [-0.25, -0.2) is 22.5 Å². The van der Waals surface area contributed by atoms with Crippen molar-refractivity contribution in [2.45, 2.75) is 20.0 Å². The minimum atomic E-state index is -3.24. The number of H-pyrrole nitrogens is 1. The Morgan fingerprint density at radius 2 is 1.92 bits per heavy atom. The van der Waals surface area contributed by atoms with Crippen LogP contribution in [0.1, 0.15) is 25.5 Å². The molecule has 4 heterocycles. The summed E-state index contributed by atoms with van der Waals surface area (Å²) in [5.41, 5.74) is 2.21. The topological polar surface area (TPSA) is 113 Å². The second-order valence-electron chi connectivity index (χ2n) is 9.84. The van der Waals surface area contributed by atoms with Gasteiger partial charge in [0.1, 0.15) is 17.6 Å². The van der Waals surface area contributed by atoms with Crippen LogP contribution in [-0.4, -0.2) is 54.5 Å². The van der Waals surface area contributed by atoms with Crippen LogP contribution in [-0.2, 0) is 10.0 Å². The molecule has 13 heteroatoms. The zero-order valence-electron chi connectivity index (χ0n) is 20.8. The fraction of sp³-hybridized carbons (Fsp3) is 0.320. The van der Waals surface area contributed by atoms with Crippen molar-refractivity contribution in [3.05, 3.63) is 64.3 Å². The number of aromatic nitrogens is 4. The van der Waals surface area contributed by atoms with Gasteiger partial charge in [0, 0.05) is 66.2 Å². The Hall–Kier alpha value is -2.99. The summed E-state index contributed by atoms with van der Waals surface area (Å²) in [7, 11) is -3.24. The first-order valence-electron chi connectivity index (χ1n) is 11.7. The lowest BCUT2D eigenvalue weighted by molar-refractivity contribution is 0.217. The van der Waals surface area contributed by atoms with Crippen LogP contribution in [0.3, 0.4) is 0 Å². The number of anilines is 1. The van der Waals surface area contributed by atoms with Gasteiger partial charge in [0.15, 0.2) is 11.6 Å². The highest BCUT2D eigenvalue weighted by atomic mass is 35.5. The minimum absolute atomic E-state index is 0.0312. The Balaban J connectivity index is 1.34. The molecule has 3 aromatic heterocycles. The first-order valence-corrected chi connectivity index (χ1v) is 14.4. The van der Waals surface area contributed by atoms with E-state index in [1.165, 1.54) is 18.5 Å². The van der Waals surface area contributed by atoms with Crippen LogP contribution < -0.4 is 14.4 Å². The summed E-state index contributed by atoms with van der Waals surface area (Å²) in [6.07, 6.45) is 5.15. The molecule has 0 amide bonds. The molecule has 1 aliphatic rings. The number of rotatable bonds is 8. The second kappa shape index (κ2) is 9.96. The molecule has 0 bridgehead atoms. The molecule has 4 aromatic rings. The molecule has 200 valence electrons. The van der Waals surface area contributed by atoms with Crippen LogP contribution in [0.4, 0.5) is 10.2 Å². The van der Waals surface area contributed by atoms with Crippen LogP contribution >= 0.6 is 23.2 Å². The van der Waals surface area contributed by atoms with Crippen molar-refractivity contribution >= 4 is 49.9 Å². The van der Waals surface area contributed by atoms with Gasteiger partial charge in [-0.05, 0) is 25.1 Å². The van der Waals surface area contributed by atoms with Gasteiger partial charge < -0.3 is 9.64 Å². The Kier molecular flexibility index (Phi) is 6.97. The highest BCUT2D eigenvalue weighted by Crippen LogP contribution is 2.37. The Labute approximate surface area is 229 Å². The fourth-order valence-electron chi connectivity index (χ4n) is 4.56. The third-order valence-corrected chi connectivity index (χ3v) is 7.74. The largest absolute Gasteiger partial charge is 0.483 e. The molecule has 0 spiro atoms. The lowest BCUT2D eigenvalue weighted by Crippen LogP contribution is -2.59. The normalized spacial score (nSPS) is 15.9. The van der Waals surface area contributed by atoms with Gasteiger partial charge in [-0.1, -0.05) is 30.1 Å². The van der Waals surface area contributed by atoms with Crippen molar-refractivity contribution in [1.29, 1.82) is 0 Å². The third-order valence-electron chi connectivity index (χ3n) is 6.47. The van der Waals surface area contributed by atoms with Gasteiger partial charge in [0.2, 0.25) is 10.0 Å². The molecule has 0 unspecified atom stereocenters. The zero-order valence-corrected chi connectivity index (χ0v) is 23.1. The zero-order chi connectivity index (χ0) is 27.2. The average Bonchev–Trinajstić information content (AvgIpc) is 3.23. The number of ether oxygens (including phenoxy) is 1. The summed E-state index contributed by atoms with van der Waals surface area (Å²) >= 11 is 12.5. The van der Waals surface area contributed by atoms with Crippen LogP contribution in [0.15, 0.2) is 42.9 Å². The monoisotopic (exact) mass is 578 g/mol. The van der Waals surface area contributed by atoms with Crippen LogP contribution in [0.5, 0.6) is 5.75 Å². The maximum Gasteiger partial charge on any atom is 0.208 e. The van der Waals surface area contributed by atoms with Gasteiger partial charge in [-0.3, -0.25) is 10.1 Å². The Morgan fingerprint density at radius 3 is 2.55 bits per heavy atom. The standard InChI is InChI=1S/C25H25Cl2FN6O3S/c1-14(23-17(26)9-29-10-18(23)27)37-21-6-16-20(7-19(21)28)32-33-24(16)15-4-5-22(30-8-15)34-12-25(2,13-34)11-31-38(3,35)36/h4-10,14,31H,11-13H2,1-3H3,(H,32,33)/t14-/m1/s1. The maximum absolute atomic E-state index is 14.9. The summed E-state index contributed by atoms with van der Waals surface area (Å²) < 4.78 is 46.2. The highest BCUT2D eigenvalue weighted by Gasteiger charge is 2.39. The number of halogens is 3. The highest BCUT2D eigenvalue weighted by molar-refractivity contribution is 7.88. The molecule has 1 atom stereocenters. The van der Waals surface area contributed by atoms with E-state index in [4.69, 9.17) is 27.9 Å². The SMILES string of the molecule is C[C@@H](Oc1cc2c(-c3ccc(N4CC(C)(CNS(C)(=O)=O)C4)nc3)n[nH]c2cc1F)c1c(Cl)cncc1Cl. The summed E-state index contributed by atoms with van der Waals surface area (Å²) in [4.78, 5) is 10.6. The Morgan fingerprint density at radius 1 is 1.21 bits per heavy atom. The smallest absolute Gasteiger partial charge is 0.208 e.